The van der Waals surface area contributed by atoms with Crippen LogP contribution in [-0.2, 0) is 0 Å². The summed E-state index contributed by atoms with van der Waals surface area (Å²) in [5, 5.41) is 5.15. The Balaban J connectivity index is 2.16. The Morgan fingerprint density at radius 2 is 2.05 bits per heavy atom. The Morgan fingerprint density at radius 3 is 2.76 bits per heavy atom. The number of hydrogen-bond acceptors (Lipinski definition) is 2. The van der Waals surface area contributed by atoms with E-state index in [0.717, 1.165) is 23.6 Å². The summed E-state index contributed by atoms with van der Waals surface area (Å²) in [7, 11) is 0. The molecule has 0 saturated heterocycles. The number of fused-ring (bicyclic) bond motifs is 1. The molecule has 2 unspecified atom stereocenters. The molecule has 2 aromatic rings. The van der Waals surface area contributed by atoms with Gasteiger partial charge in [-0.2, -0.15) is 0 Å². The minimum Gasteiger partial charge on any atom is -0.348 e. The number of hydrogen-bond donors (Lipinski definition) is 1. The topological polar surface area (TPSA) is 42.0 Å². The third-order valence-corrected chi connectivity index (χ3v) is 4.04. The molecule has 1 N–H and O–H groups in total. The molecule has 3 nitrogen and oxygen atoms in total. The van der Waals surface area contributed by atoms with Crippen LogP contribution in [0.25, 0.3) is 10.8 Å². The maximum atomic E-state index is 12.3. The largest absolute Gasteiger partial charge is 0.348 e. The summed E-state index contributed by atoms with van der Waals surface area (Å²) in [6.07, 6.45) is 2.07. The van der Waals surface area contributed by atoms with E-state index in [1.54, 1.807) is 6.07 Å². The molecule has 2 atom stereocenters. The van der Waals surface area contributed by atoms with Crippen LogP contribution in [0.4, 0.5) is 0 Å². The van der Waals surface area contributed by atoms with Gasteiger partial charge in [-0.15, -0.1) is 0 Å². The number of carbonyl (C=O) groups excluding carboxylic acids is 1. The highest BCUT2D eigenvalue weighted by Gasteiger charge is 2.15. The van der Waals surface area contributed by atoms with Crippen LogP contribution < -0.4 is 5.32 Å². The van der Waals surface area contributed by atoms with E-state index in [0.29, 0.717) is 16.8 Å². The molecule has 2 rings (SSSR count). The van der Waals surface area contributed by atoms with E-state index in [1.165, 1.54) is 0 Å². The smallest absolute Gasteiger partial charge is 0.270 e. The third kappa shape index (κ3) is 3.94. The van der Waals surface area contributed by atoms with Crippen molar-refractivity contribution in [1.82, 2.24) is 10.3 Å². The van der Waals surface area contributed by atoms with Crippen LogP contribution in [0.5, 0.6) is 0 Å². The molecule has 0 fully saturated rings. The van der Waals surface area contributed by atoms with E-state index in [1.807, 2.05) is 31.2 Å². The predicted molar refractivity (Wildman–Crippen MR) is 87.8 cm³/mol. The van der Waals surface area contributed by atoms with Crippen LogP contribution in [0.2, 0.25) is 5.15 Å². The van der Waals surface area contributed by atoms with Gasteiger partial charge < -0.3 is 5.32 Å². The molecule has 1 heterocycles. The van der Waals surface area contributed by atoms with Crippen molar-refractivity contribution in [2.75, 3.05) is 0 Å². The van der Waals surface area contributed by atoms with E-state index in [2.05, 4.69) is 24.1 Å². The SMILES string of the molecule is CCC(C)CC(C)NC(=O)c1cc2ccccc2c(Cl)n1. The Kier molecular flexibility index (Phi) is 5.18. The van der Waals surface area contributed by atoms with Crippen molar-refractivity contribution in [3.63, 3.8) is 0 Å². The number of amides is 1. The molecule has 0 spiro atoms. The van der Waals surface area contributed by atoms with Crippen molar-refractivity contribution in [1.29, 1.82) is 0 Å². The second-order valence-electron chi connectivity index (χ2n) is 5.64. The van der Waals surface area contributed by atoms with Crippen molar-refractivity contribution < 1.29 is 4.79 Å². The fourth-order valence-corrected chi connectivity index (χ4v) is 2.66. The van der Waals surface area contributed by atoms with Crippen molar-refractivity contribution in [2.24, 2.45) is 5.92 Å². The number of aromatic nitrogens is 1. The summed E-state index contributed by atoms with van der Waals surface area (Å²) in [5.74, 6) is 0.423. The molecule has 0 radical (unpaired) electrons. The summed E-state index contributed by atoms with van der Waals surface area (Å²) >= 11 is 6.16. The Morgan fingerprint density at radius 1 is 1.33 bits per heavy atom. The molecule has 0 saturated carbocycles. The molecule has 4 heteroatoms. The minimum atomic E-state index is -0.168. The lowest BCUT2D eigenvalue weighted by Gasteiger charge is -2.17. The van der Waals surface area contributed by atoms with Crippen molar-refractivity contribution >= 4 is 28.3 Å². The van der Waals surface area contributed by atoms with Crippen LogP contribution in [-0.4, -0.2) is 16.9 Å². The van der Waals surface area contributed by atoms with Crippen molar-refractivity contribution in [2.45, 2.75) is 39.7 Å². The molecular formula is C17H21ClN2O. The monoisotopic (exact) mass is 304 g/mol. The van der Waals surface area contributed by atoms with Gasteiger partial charge in [-0.25, -0.2) is 4.98 Å². The van der Waals surface area contributed by atoms with E-state index in [4.69, 9.17) is 11.6 Å². The van der Waals surface area contributed by atoms with Gasteiger partial charge >= 0.3 is 0 Å². The lowest BCUT2D eigenvalue weighted by atomic mass is 10.0. The Hall–Kier alpha value is -1.61. The number of nitrogens with zero attached hydrogens (tertiary/aromatic N) is 1. The molecule has 0 aliphatic rings. The van der Waals surface area contributed by atoms with Gasteiger partial charge in [0, 0.05) is 11.4 Å². The van der Waals surface area contributed by atoms with Gasteiger partial charge in [-0.3, -0.25) is 4.79 Å². The third-order valence-electron chi connectivity index (χ3n) is 3.76. The van der Waals surface area contributed by atoms with Gasteiger partial charge in [0.15, 0.2) is 0 Å². The molecule has 112 valence electrons. The van der Waals surface area contributed by atoms with E-state index in [9.17, 15) is 4.79 Å². The number of carbonyl (C=O) groups is 1. The van der Waals surface area contributed by atoms with Crippen LogP contribution >= 0.6 is 11.6 Å². The second kappa shape index (κ2) is 6.90. The fraction of sp³-hybridized carbons (Fsp3) is 0.412. The highest BCUT2D eigenvalue weighted by Crippen LogP contribution is 2.22. The van der Waals surface area contributed by atoms with E-state index < -0.39 is 0 Å². The number of pyridine rings is 1. The van der Waals surface area contributed by atoms with Gasteiger partial charge in [0.05, 0.1) is 0 Å². The van der Waals surface area contributed by atoms with E-state index in [-0.39, 0.29) is 11.9 Å². The number of benzene rings is 1. The number of nitrogens with one attached hydrogen (secondary N) is 1. The summed E-state index contributed by atoms with van der Waals surface area (Å²) in [5.41, 5.74) is 0.370. The first-order chi connectivity index (χ1) is 10.0. The summed E-state index contributed by atoms with van der Waals surface area (Å²) < 4.78 is 0. The maximum Gasteiger partial charge on any atom is 0.270 e. The lowest BCUT2D eigenvalue weighted by Crippen LogP contribution is -2.34. The van der Waals surface area contributed by atoms with Crippen LogP contribution in [0.3, 0.4) is 0 Å². The molecular weight excluding hydrogens is 284 g/mol. The molecule has 1 aromatic carbocycles. The highest BCUT2D eigenvalue weighted by molar-refractivity contribution is 6.34. The quantitative estimate of drug-likeness (QED) is 0.830. The zero-order valence-electron chi connectivity index (χ0n) is 12.7. The first-order valence-electron chi connectivity index (χ1n) is 7.37. The zero-order chi connectivity index (χ0) is 15.4. The fourth-order valence-electron chi connectivity index (χ4n) is 2.40. The standard InChI is InChI=1S/C17H21ClN2O/c1-4-11(2)9-12(3)19-17(21)15-10-13-7-5-6-8-14(13)16(18)20-15/h5-8,10-12H,4,9H2,1-3H3,(H,19,21). The van der Waals surface area contributed by atoms with Gasteiger partial charge in [-0.05, 0) is 30.7 Å². The van der Waals surface area contributed by atoms with Crippen LogP contribution in [0.1, 0.15) is 44.1 Å². The lowest BCUT2D eigenvalue weighted by molar-refractivity contribution is 0.0930. The summed E-state index contributed by atoms with van der Waals surface area (Å²) in [6, 6.07) is 9.57. The first kappa shape index (κ1) is 15.8. The van der Waals surface area contributed by atoms with Crippen LogP contribution in [0.15, 0.2) is 30.3 Å². The zero-order valence-corrected chi connectivity index (χ0v) is 13.4. The minimum absolute atomic E-state index is 0.125. The van der Waals surface area contributed by atoms with Crippen LogP contribution in [0, 0.1) is 5.92 Å². The van der Waals surface area contributed by atoms with Gasteiger partial charge in [0.1, 0.15) is 10.8 Å². The summed E-state index contributed by atoms with van der Waals surface area (Å²) in [6.45, 7) is 6.37. The molecule has 1 amide bonds. The van der Waals surface area contributed by atoms with Gasteiger partial charge in [0.2, 0.25) is 0 Å². The molecule has 0 aliphatic heterocycles. The first-order valence-corrected chi connectivity index (χ1v) is 7.75. The van der Waals surface area contributed by atoms with Gasteiger partial charge in [-0.1, -0.05) is 56.1 Å². The molecule has 1 aromatic heterocycles. The molecule has 21 heavy (non-hydrogen) atoms. The average Bonchev–Trinajstić information content (AvgIpc) is 2.46. The number of rotatable bonds is 5. The van der Waals surface area contributed by atoms with Crippen molar-refractivity contribution in [3.05, 3.63) is 41.2 Å². The Labute approximate surface area is 130 Å². The number of halogens is 1. The molecule has 0 aliphatic carbocycles. The Bertz CT molecular complexity index is 642. The second-order valence-corrected chi connectivity index (χ2v) is 6.00. The summed E-state index contributed by atoms with van der Waals surface area (Å²) in [4.78, 5) is 16.5. The molecule has 0 bridgehead atoms. The normalized spacial score (nSPS) is 13.9. The highest BCUT2D eigenvalue weighted by atomic mass is 35.5. The van der Waals surface area contributed by atoms with Gasteiger partial charge in [0.25, 0.3) is 5.91 Å². The van der Waals surface area contributed by atoms with E-state index >= 15 is 0 Å². The predicted octanol–water partition coefficient (Wildman–Crippen LogP) is 4.44. The average molecular weight is 305 g/mol. The maximum absolute atomic E-state index is 12.3. The van der Waals surface area contributed by atoms with Crippen molar-refractivity contribution in [3.8, 4) is 0 Å².